The molecule has 0 aliphatic rings. The summed E-state index contributed by atoms with van der Waals surface area (Å²) in [6.45, 7) is 5.85. The van der Waals surface area contributed by atoms with Crippen LogP contribution in [0.25, 0.3) is 0 Å². The van der Waals surface area contributed by atoms with Crippen molar-refractivity contribution < 1.29 is 9.53 Å². The quantitative estimate of drug-likeness (QED) is 0.793. The molecule has 0 saturated carbocycles. The molecule has 0 aromatic carbocycles. The highest BCUT2D eigenvalue weighted by molar-refractivity contribution is 6.03. The minimum Gasteiger partial charge on any atom is -0.398 e. The average molecular weight is 222 g/mol. The van der Waals surface area contributed by atoms with Crippen molar-refractivity contribution in [2.45, 2.75) is 26.9 Å². The van der Waals surface area contributed by atoms with E-state index in [1.807, 2.05) is 20.8 Å². The molecule has 16 heavy (non-hydrogen) atoms. The average Bonchev–Trinajstić information content (AvgIpc) is 2.17. The molecule has 1 aromatic heterocycles. The Hall–Kier alpha value is -1.42. The van der Waals surface area contributed by atoms with Gasteiger partial charge in [0, 0.05) is 25.2 Å². The molecule has 4 nitrogen and oxygen atoms in total. The van der Waals surface area contributed by atoms with Gasteiger partial charge in [-0.25, -0.2) is 0 Å². The molecule has 0 saturated heterocycles. The summed E-state index contributed by atoms with van der Waals surface area (Å²) in [5, 5.41) is 0. The number of ketones is 1. The van der Waals surface area contributed by atoms with Crippen LogP contribution in [0.2, 0.25) is 0 Å². The zero-order valence-corrected chi connectivity index (χ0v) is 10.2. The van der Waals surface area contributed by atoms with E-state index in [4.69, 9.17) is 10.5 Å². The second-order valence-electron chi connectivity index (χ2n) is 4.81. The number of hydrogen-bond acceptors (Lipinski definition) is 4. The number of nitrogens with zero attached hydrogens (tertiary/aromatic N) is 1. The van der Waals surface area contributed by atoms with Gasteiger partial charge in [-0.15, -0.1) is 0 Å². The number of rotatable bonds is 3. The van der Waals surface area contributed by atoms with Crippen LogP contribution in [0.4, 0.5) is 5.69 Å². The van der Waals surface area contributed by atoms with Crippen molar-refractivity contribution in [1.29, 1.82) is 0 Å². The number of hydrogen-bond donors (Lipinski definition) is 1. The van der Waals surface area contributed by atoms with Crippen LogP contribution in [-0.4, -0.2) is 24.0 Å². The second-order valence-corrected chi connectivity index (χ2v) is 4.81. The van der Waals surface area contributed by atoms with Gasteiger partial charge in [0.1, 0.15) is 6.10 Å². The van der Waals surface area contributed by atoms with Gasteiger partial charge in [-0.3, -0.25) is 9.78 Å². The molecule has 0 aliphatic carbocycles. The first kappa shape index (κ1) is 12.6. The highest BCUT2D eigenvalue weighted by atomic mass is 16.5. The fourth-order valence-electron chi connectivity index (χ4n) is 1.61. The monoisotopic (exact) mass is 222 g/mol. The minimum atomic E-state index is -0.515. The zero-order chi connectivity index (χ0) is 12.3. The number of pyridine rings is 1. The van der Waals surface area contributed by atoms with Gasteiger partial charge in [0.15, 0.2) is 5.78 Å². The lowest BCUT2D eigenvalue weighted by Crippen LogP contribution is -2.36. The minimum absolute atomic E-state index is 0.124. The Morgan fingerprint density at radius 2 is 2.12 bits per heavy atom. The Kier molecular flexibility index (Phi) is 3.65. The van der Waals surface area contributed by atoms with E-state index in [9.17, 15) is 4.79 Å². The standard InChI is InChI=1S/C12H18N2O2/c1-12(2,3)11(16-4)10(15)8-7-14-6-5-9(8)13/h5-7,11H,1-4H3,(H2,13,14). The molecular weight excluding hydrogens is 204 g/mol. The maximum Gasteiger partial charge on any atom is 0.195 e. The van der Waals surface area contributed by atoms with E-state index in [1.165, 1.54) is 13.3 Å². The largest absolute Gasteiger partial charge is 0.398 e. The van der Waals surface area contributed by atoms with Gasteiger partial charge in [0.05, 0.1) is 5.56 Å². The summed E-state index contributed by atoms with van der Waals surface area (Å²) in [5.74, 6) is -0.124. The van der Waals surface area contributed by atoms with E-state index in [-0.39, 0.29) is 11.2 Å². The summed E-state index contributed by atoms with van der Waals surface area (Å²) in [4.78, 5) is 16.1. The van der Waals surface area contributed by atoms with Crippen LogP contribution in [0, 0.1) is 5.41 Å². The molecule has 0 amide bonds. The summed E-state index contributed by atoms with van der Waals surface area (Å²) in [6.07, 6.45) is 2.53. The predicted molar refractivity (Wildman–Crippen MR) is 63.2 cm³/mol. The maximum atomic E-state index is 12.2. The first-order valence-electron chi connectivity index (χ1n) is 5.14. The van der Waals surface area contributed by atoms with Crippen molar-refractivity contribution in [3.63, 3.8) is 0 Å². The van der Waals surface area contributed by atoms with Gasteiger partial charge < -0.3 is 10.5 Å². The Morgan fingerprint density at radius 3 is 2.56 bits per heavy atom. The van der Waals surface area contributed by atoms with Crippen molar-refractivity contribution >= 4 is 11.5 Å². The Morgan fingerprint density at radius 1 is 1.50 bits per heavy atom. The number of aromatic nitrogens is 1. The van der Waals surface area contributed by atoms with Crippen LogP contribution >= 0.6 is 0 Å². The van der Waals surface area contributed by atoms with Crippen LogP contribution in [-0.2, 0) is 4.74 Å². The number of Topliss-reactive ketones (excluding diaryl/α,β-unsaturated/α-hetero) is 1. The van der Waals surface area contributed by atoms with Crippen LogP contribution in [0.1, 0.15) is 31.1 Å². The molecular formula is C12H18N2O2. The van der Waals surface area contributed by atoms with Crippen molar-refractivity contribution in [2.24, 2.45) is 5.41 Å². The number of nitrogen functional groups attached to an aromatic ring is 1. The first-order chi connectivity index (χ1) is 7.38. The van der Waals surface area contributed by atoms with Crippen molar-refractivity contribution in [2.75, 3.05) is 12.8 Å². The Balaban J connectivity index is 3.06. The number of carbonyl (C=O) groups excluding carboxylic acids is 1. The zero-order valence-electron chi connectivity index (χ0n) is 10.2. The topological polar surface area (TPSA) is 65.2 Å². The molecule has 1 aromatic rings. The van der Waals surface area contributed by atoms with Crippen LogP contribution in [0.3, 0.4) is 0 Å². The molecule has 0 spiro atoms. The normalized spacial score (nSPS) is 13.5. The summed E-state index contributed by atoms with van der Waals surface area (Å²) in [6, 6.07) is 1.61. The molecule has 4 heteroatoms. The number of anilines is 1. The molecule has 2 N–H and O–H groups in total. The molecule has 1 unspecified atom stereocenters. The van der Waals surface area contributed by atoms with Crippen LogP contribution in [0.5, 0.6) is 0 Å². The molecule has 0 bridgehead atoms. The van der Waals surface area contributed by atoms with Crippen molar-refractivity contribution in [1.82, 2.24) is 4.98 Å². The lowest BCUT2D eigenvalue weighted by atomic mass is 9.84. The third-order valence-corrected chi connectivity index (χ3v) is 2.38. The van der Waals surface area contributed by atoms with Gasteiger partial charge in [0.25, 0.3) is 0 Å². The summed E-state index contributed by atoms with van der Waals surface area (Å²) >= 11 is 0. The molecule has 0 fully saturated rings. The van der Waals surface area contributed by atoms with Gasteiger partial charge >= 0.3 is 0 Å². The fraction of sp³-hybridized carbons (Fsp3) is 0.500. The molecule has 88 valence electrons. The van der Waals surface area contributed by atoms with Gasteiger partial charge in [-0.05, 0) is 11.5 Å². The molecule has 0 radical (unpaired) electrons. The van der Waals surface area contributed by atoms with Gasteiger partial charge in [-0.2, -0.15) is 0 Å². The summed E-state index contributed by atoms with van der Waals surface area (Å²) < 4.78 is 5.25. The van der Waals surface area contributed by atoms with E-state index < -0.39 is 6.10 Å². The van der Waals surface area contributed by atoms with E-state index in [1.54, 1.807) is 12.3 Å². The molecule has 1 rings (SSSR count). The highest BCUT2D eigenvalue weighted by Crippen LogP contribution is 2.26. The molecule has 1 heterocycles. The molecule has 1 atom stereocenters. The maximum absolute atomic E-state index is 12.2. The van der Waals surface area contributed by atoms with Crippen molar-refractivity contribution in [3.8, 4) is 0 Å². The predicted octanol–water partition coefficient (Wildman–Crippen LogP) is 1.91. The highest BCUT2D eigenvalue weighted by Gasteiger charge is 2.32. The van der Waals surface area contributed by atoms with Crippen LogP contribution < -0.4 is 5.73 Å². The van der Waals surface area contributed by atoms with Crippen molar-refractivity contribution in [3.05, 3.63) is 24.0 Å². The first-order valence-corrected chi connectivity index (χ1v) is 5.14. The third-order valence-electron chi connectivity index (χ3n) is 2.38. The third kappa shape index (κ3) is 2.58. The van der Waals surface area contributed by atoms with E-state index in [0.29, 0.717) is 11.3 Å². The van der Waals surface area contributed by atoms with E-state index in [0.717, 1.165) is 0 Å². The number of carbonyl (C=O) groups is 1. The number of nitrogens with two attached hydrogens (primary N) is 1. The fourth-order valence-corrected chi connectivity index (χ4v) is 1.61. The lowest BCUT2D eigenvalue weighted by molar-refractivity contribution is 0.0196. The SMILES string of the molecule is COC(C(=O)c1cnccc1N)C(C)(C)C. The number of ether oxygens (including phenoxy) is 1. The summed E-state index contributed by atoms with van der Waals surface area (Å²) in [5.41, 5.74) is 6.33. The second kappa shape index (κ2) is 4.61. The lowest BCUT2D eigenvalue weighted by Gasteiger charge is -2.28. The van der Waals surface area contributed by atoms with Gasteiger partial charge in [0.2, 0.25) is 0 Å². The number of methoxy groups -OCH3 is 1. The van der Waals surface area contributed by atoms with E-state index >= 15 is 0 Å². The van der Waals surface area contributed by atoms with E-state index in [2.05, 4.69) is 4.98 Å². The Bertz CT molecular complexity index is 383. The molecule has 0 aliphatic heterocycles. The Labute approximate surface area is 95.8 Å². The van der Waals surface area contributed by atoms with Crippen LogP contribution in [0.15, 0.2) is 18.5 Å². The smallest absolute Gasteiger partial charge is 0.195 e. The van der Waals surface area contributed by atoms with Gasteiger partial charge in [-0.1, -0.05) is 20.8 Å². The summed E-state index contributed by atoms with van der Waals surface area (Å²) in [7, 11) is 1.53.